The third-order valence-electron chi connectivity index (χ3n) is 7.43. The summed E-state index contributed by atoms with van der Waals surface area (Å²) < 4.78 is 41.3. The zero-order chi connectivity index (χ0) is 28.2. The van der Waals surface area contributed by atoms with Gasteiger partial charge in [0.25, 0.3) is 0 Å². The third-order valence-corrected chi connectivity index (χ3v) is 7.81. The maximum absolute atomic E-state index is 13.1. The van der Waals surface area contributed by atoms with Gasteiger partial charge in [0.2, 0.25) is 5.95 Å². The van der Waals surface area contributed by atoms with Crippen LogP contribution in [0.15, 0.2) is 42.7 Å². The molecule has 0 aliphatic carbocycles. The SMILES string of the molecule is CCc1cccc(CC)c1-n1nc2c(c1-c1ccc3[nH]c(C)nc3c1Cl)CN(c1ncc(C(F)(F)F)cn1)CC2. The quantitative estimate of drug-likeness (QED) is 0.251. The standard InChI is InChI=1S/C29H27ClF3N7/c1-4-17-7-6-8-18(5-2)26(17)40-27(20-9-10-23-25(24(20)30)37-16(3)36-23)21-15-39(12-11-22(21)38-40)28-34-13-19(14-35-28)29(31,32)33/h6-10,13-14H,4-5,11-12,15H2,1-3H3,(H,36,37). The lowest BCUT2D eigenvalue weighted by molar-refractivity contribution is -0.138. The number of nitrogens with zero attached hydrogens (tertiary/aromatic N) is 6. The molecule has 6 rings (SSSR count). The second kappa shape index (κ2) is 9.92. The normalized spacial score (nSPS) is 13.7. The number of aromatic amines is 1. The summed E-state index contributed by atoms with van der Waals surface area (Å²) in [6.45, 7) is 7.03. The number of rotatable bonds is 5. The van der Waals surface area contributed by atoms with Crippen LogP contribution >= 0.6 is 11.6 Å². The van der Waals surface area contributed by atoms with Crippen LogP contribution in [-0.2, 0) is 32.0 Å². The molecular weight excluding hydrogens is 539 g/mol. The molecule has 0 unspecified atom stereocenters. The van der Waals surface area contributed by atoms with Crippen molar-refractivity contribution < 1.29 is 13.2 Å². The fourth-order valence-corrected chi connectivity index (χ4v) is 5.75. The molecule has 1 aliphatic rings. The van der Waals surface area contributed by atoms with Crippen LogP contribution in [0.3, 0.4) is 0 Å². The summed E-state index contributed by atoms with van der Waals surface area (Å²) in [4.78, 5) is 17.8. The molecule has 0 amide bonds. The van der Waals surface area contributed by atoms with Crippen molar-refractivity contribution in [1.29, 1.82) is 0 Å². The average molecular weight is 566 g/mol. The molecule has 40 heavy (non-hydrogen) atoms. The Morgan fingerprint density at radius 1 is 1.02 bits per heavy atom. The van der Waals surface area contributed by atoms with Gasteiger partial charge in [0.15, 0.2) is 0 Å². The van der Waals surface area contributed by atoms with Crippen molar-refractivity contribution in [2.24, 2.45) is 0 Å². The molecule has 3 aromatic heterocycles. The Morgan fingerprint density at radius 2 is 1.73 bits per heavy atom. The van der Waals surface area contributed by atoms with E-state index in [1.807, 2.05) is 28.6 Å². The Morgan fingerprint density at radius 3 is 2.38 bits per heavy atom. The molecule has 0 bridgehead atoms. The number of imidazole rings is 1. The summed E-state index contributed by atoms with van der Waals surface area (Å²) >= 11 is 7.04. The molecular formula is C29H27ClF3N7. The second-order valence-corrected chi connectivity index (χ2v) is 10.3. The summed E-state index contributed by atoms with van der Waals surface area (Å²) in [6, 6.07) is 10.2. The van der Waals surface area contributed by atoms with Gasteiger partial charge in [-0.25, -0.2) is 19.6 Å². The zero-order valence-corrected chi connectivity index (χ0v) is 23.0. The molecule has 0 saturated carbocycles. The van der Waals surface area contributed by atoms with Gasteiger partial charge in [-0.15, -0.1) is 0 Å². The van der Waals surface area contributed by atoms with Crippen molar-refractivity contribution >= 4 is 28.6 Å². The van der Waals surface area contributed by atoms with E-state index < -0.39 is 11.7 Å². The van der Waals surface area contributed by atoms with Gasteiger partial charge in [0.05, 0.1) is 33.2 Å². The highest BCUT2D eigenvalue weighted by Crippen LogP contribution is 2.41. The number of anilines is 1. The Bertz CT molecular complexity index is 1700. The summed E-state index contributed by atoms with van der Waals surface area (Å²) in [5.41, 5.74) is 7.49. The van der Waals surface area contributed by atoms with E-state index in [0.717, 1.165) is 75.9 Å². The lowest BCUT2D eigenvalue weighted by atomic mass is 9.99. The van der Waals surface area contributed by atoms with Crippen molar-refractivity contribution in [1.82, 2.24) is 29.7 Å². The van der Waals surface area contributed by atoms with Gasteiger partial charge < -0.3 is 9.88 Å². The minimum absolute atomic E-state index is 0.241. The van der Waals surface area contributed by atoms with E-state index in [9.17, 15) is 13.2 Å². The third kappa shape index (κ3) is 4.40. The van der Waals surface area contributed by atoms with Crippen molar-refractivity contribution in [3.63, 3.8) is 0 Å². The summed E-state index contributed by atoms with van der Waals surface area (Å²) in [5.74, 6) is 1.00. The first-order valence-corrected chi connectivity index (χ1v) is 13.6. The van der Waals surface area contributed by atoms with Gasteiger partial charge in [0, 0.05) is 43.0 Å². The van der Waals surface area contributed by atoms with Crippen LogP contribution in [0.25, 0.3) is 28.0 Å². The topological polar surface area (TPSA) is 75.5 Å². The Balaban J connectivity index is 1.55. The van der Waals surface area contributed by atoms with E-state index in [0.29, 0.717) is 30.0 Å². The fraction of sp³-hybridized carbons (Fsp3) is 0.310. The van der Waals surface area contributed by atoms with Crippen LogP contribution in [0.5, 0.6) is 0 Å². The predicted octanol–water partition coefficient (Wildman–Crippen LogP) is 6.87. The molecule has 206 valence electrons. The van der Waals surface area contributed by atoms with Crippen LogP contribution in [0.2, 0.25) is 5.02 Å². The second-order valence-electron chi connectivity index (χ2n) is 9.90. The minimum atomic E-state index is -4.49. The number of aryl methyl sites for hydroxylation is 3. The summed E-state index contributed by atoms with van der Waals surface area (Å²) in [5, 5.41) is 5.64. The highest BCUT2D eigenvalue weighted by atomic mass is 35.5. The van der Waals surface area contributed by atoms with Crippen LogP contribution in [-0.4, -0.2) is 36.3 Å². The van der Waals surface area contributed by atoms with Crippen molar-refractivity contribution in [3.05, 3.63) is 81.5 Å². The number of hydrogen-bond acceptors (Lipinski definition) is 5. The number of alkyl halides is 3. The number of benzene rings is 2. The fourth-order valence-electron chi connectivity index (χ4n) is 5.45. The molecule has 1 N–H and O–H groups in total. The maximum atomic E-state index is 13.1. The minimum Gasteiger partial charge on any atom is -0.342 e. The van der Waals surface area contributed by atoms with Gasteiger partial charge in [-0.05, 0) is 43.0 Å². The average Bonchev–Trinajstić information content (AvgIpc) is 3.52. The van der Waals surface area contributed by atoms with Gasteiger partial charge in [0.1, 0.15) is 11.3 Å². The molecule has 0 radical (unpaired) electrons. The number of aromatic nitrogens is 6. The molecule has 2 aromatic carbocycles. The van der Waals surface area contributed by atoms with Gasteiger partial charge in [-0.1, -0.05) is 43.6 Å². The molecule has 0 spiro atoms. The molecule has 5 aromatic rings. The van der Waals surface area contributed by atoms with E-state index in [1.54, 1.807) is 0 Å². The van der Waals surface area contributed by atoms with Gasteiger partial charge >= 0.3 is 6.18 Å². The monoisotopic (exact) mass is 565 g/mol. The molecule has 4 heterocycles. The van der Waals surface area contributed by atoms with Crippen LogP contribution in [0.1, 0.15) is 47.6 Å². The number of nitrogens with one attached hydrogen (secondary N) is 1. The van der Waals surface area contributed by atoms with E-state index in [2.05, 4.69) is 52.0 Å². The van der Waals surface area contributed by atoms with Crippen LogP contribution < -0.4 is 4.90 Å². The lowest BCUT2D eigenvalue weighted by Crippen LogP contribution is -2.31. The largest absolute Gasteiger partial charge is 0.419 e. The summed E-state index contributed by atoms with van der Waals surface area (Å²) in [6.07, 6.45) is -0.605. The molecule has 7 nitrogen and oxygen atoms in total. The Hall–Kier alpha value is -3.92. The highest BCUT2D eigenvalue weighted by Gasteiger charge is 2.33. The van der Waals surface area contributed by atoms with E-state index >= 15 is 0 Å². The van der Waals surface area contributed by atoms with Crippen LogP contribution in [0.4, 0.5) is 19.1 Å². The van der Waals surface area contributed by atoms with E-state index in [4.69, 9.17) is 16.7 Å². The van der Waals surface area contributed by atoms with Gasteiger partial charge in [-0.2, -0.15) is 18.3 Å². The first kappa shape index (κ1) is 26.3. The number of fused-ring (bicyclic) bond motifs is 2. The van der Waals surface area contributed by atoms with E-state index in [1.165, 1.54) is 0 Å². The van der Waals surface area contributed by atoms with Crippen molar-refractivity contribution in [2.45, 2.75) is 52.8 Å². The van der Waals surface area contributed by atoms with E-state index in [-0.39, 0.29) is 5.95 Å². The molecule has 11 heteroatoms. The molecule has 0 fully saturated rings. The number of H-pyrrole nitrogens is 1. The number of halogens is 4. The number of para-hydroxylation sites is 1. The lowest BCUT2D eigenvalue weighted by Gasteiger charge is -2.27. The summed E-state index contributed by atoms with van der Waals surface area (Å²) in [7, 11) is 0. The van der Waals surface area contributed by atoms with Crippen molar-refractivity contribution in [3.8, 4) is 16.9 Å². The first-order chi connectivity index (χ1) is 19.2. The highest BCUT2D eigenvalue weighted by molar-refractivity contribution is 6.37. The molecule has 0 saturated heterocycles. The van der Waals surface area contributed by atoms with Gasteiger partial charge in [-0.3, -0.25) is 0 Å². The first-order valence-electron chi connectivity index (χ1n) is 13.2. The smallest absolute Gasteiger partial charge is 0.342 e. The zero-order valence-electron chi connectivity index (χ0n) is 22.3. The predicted molar refractivity (Wildman–Crippen MR) is 149 cm³/mol. The maximum Gasteiger partial charge on any atom is 0.419 e. The Kier molecular flexibility index (Phi) is 6.53. The Labute approximate surface area is 234 Å². The molecule has 1 aliphatic heterocycles. The molecule has 0 atom stereocenters. The van der Waals surface area contributed by atoms with Crippen LogP contribution in [0, 0.1) is 6.92 Å². The number of hydrogen-bond donors (Lipinski definition) is 1. The van der Waals surface area contributed by atoms with Crippen molar-refractivity contribution in [2.75, 3.05) is 11.4 Å².